The van der Waals surface area contributed by atoms with Crippen molar-refractivity contribution in [1.82, 2.24) is 0 Å². The van der Waals surface area contributed by atoms with Crippen molar-refractivity contribution in [3.63, 3.8) is 0 Å². The van der Waals surface area contributed by atoms with E-state index in [1.54, 1.807) is 39.0 Å². The van der Waals surface area contributed by atoms with Crippen LogP contribution >= 0.6 is 0 Å². The molecule has 0 aliphatic heterocycles. The molecule has 0 saturated carbocycles. The molecule has 0 amide bonds. The third-order valence-electron chi connectivity index (χ3n) is 3.42. The van der Waals surface area contributed by atoms with Crippen LogP contribution < -0.4 is 0 Å². The summed E-state index contributed by atoms with van der Waals surface area (Å²) in [5, 5.41) is 19.0. The van der Waals surface area contributed by atoms with Crippen LogP contribution in [0.4, 0.5) is 0 Å². The van der Waals surface area contributed by atoms with Gasteiger partial charge in [0.1, 0.15) is 18.2 Å². The van der Waals surface area contributed by atoms with Crippen LogP contribution in [0.25, 0.3) is 0 Å². The zero-order valence-electron chi connectivity index (χ0n) is 14.5. The zero-order valence-corrected chi connectivity index (χ0v) is 14.5. The second kappa shape index (κ2) is 9.38. The molecule has 0 fully saturated rings. The van der Waals surface area contributed by atoms with Crippen molar-refractivity contribution in [2.24, 2.45) is 5.92 Å². The van der Waals surface area contributed by atoms with Gasteiger partial charge in [0.2, 0.25) is 5.78 Å². The maximum absolute atomic E-state index is 12.4. The number of esters is 1. The highest BCUT2D eigenvalue weighted by atomic mass is 16.5. The van der Waals surface area contributed by atoms with Gasteiger partial charge in [-0.15, -0.1) is 0 Å². The maximum Gasteiger partial charge on any atom is 0.313 e. The summed E-state index contributed by atoms with van der Waals surface area (Å²) < 4.78 is 4.93. The summed E-state index contributed by atoms with van der Waals surface area (Å²) in [6, 6.07) is 7.62. The van der Waals surface area contributed by atoms with E-state index in [0.29, 0.717) is 6.42 Å². The molecule has 0 saturated heterocycles. The third-order valence-corrected chi connectivity index (χ3v) is 3.42. The van der Waals surface area contributed by atoms with E-state index in [-0.39, 0.29) is 23.0 Å². The van der Waals surface area contributed by atoms with E-state index in [0.717, 1.165) is 0 Å². The quantitative estimate of drug-likeness (QED) is 0.256. The average molecular weight is 343 g/mol. The minimum atomic E-state index is -0.760. The fraction of sp³-hybridized carbons (Fsp3) is 0.368. The fourth-order valence-corrected chi connectivity index (χ4v) is 2.19. The SMILES string of the molecule is CCC(/C=C(\C#N)C(=O)c1ccccc1O)C(=O)CC(=O)OC(C)C. The largest absolute Gasteiger partial charge is 0.507 e. The molecule has 1 aromatic rings. The molecule has 0 aliphatic carbocycles. The van der Waals surface area contributed by atoms with Crippen molar-refractivity contribution in [2.45, 2.75) is 39.7 Å². The molecule has 1 unspecified atom stereocenters. The summed E-state index contributed by atoms with van der Waals surface area (Å²) >= 11 is 0. The van der Waals surface area contributed by atoms with E-state index in [9.17, 15) is 24.8 Å². The van der Waals surface area contributed by atoms with Gasteiger partial charge in [0.15, 0.2) is 5.78 Å². The monoisotopic (exact) mass is 343 g/mol. The Morgan fingerprint density at radius 3 is 2.44 bits per heavy atom. The first kappa shape index (κ1) is 20.1. The number of ether oxygens (including phenoxy) is 1. The van der Waals surface area contributed by atoms with Gasteiger partial charge in [-0.25, -0.2) is 0 Å². The van der Waals surface area contributed by atoms with Crippen molar-refractivity contribution in [3.05, 3.63) is 41.5 Å². The molecular formula is C19H21NO5. The summed E-state index contributed by atoms with van der Waals surface area (Å²) in [6.07, 6.45) is 0.830. The number of carbonyl (C=O) groups is 3. The Morgan fingerprint density at radius 1 is 1.28 bits per heavy atom. The molecule has 132 valence electrons. The molecule has 0 bridgehead atoms. The Morgan fingerprint density at radius 2 is 1.92 bits per heavy atom. The van der Waals surface area contributed by atoms with Crippen LogP contribution in [0.1, 0.15) is 44.0 Å². The Kier molecular flexibility index (Phi) is 7.54. The minimum Gasteiger partial charge on any atom is -0.507 e. The first-order valence-corrected chi connectivity index (χ1v) is 7.96. The Labute approximate surface area is 146 Å². The highest BCUT2D eigenvalue weighted by Crippen LogP contribution is 2.21. The normalized spacial score (nSPS) is 12.4. The van der Waals surface area contributed by atoms with Crippen LogP contribution in [0.15, 0.2) is 35.9 Å². The number of Topliss-reactive ketones (excluding diaryl/α,β-unsaturated/α-hetero) is 2. The minimum absolute atomic E-state index is 0.0168. The molecule has 25 heavy (non-hydrogen) atoms. The van der Waals surface area contributed by atoms with E-state index in [1.165, 1.54) is 18.2 Å². The number of nitrogens with zero attached hydrogens (tertiary/aromatic N) is 1. The zero-order chi connectivity index (χ0) is 19.0. The van der Waals surface area contributed by atoms with Gasteiger partial charge in [-0.3, -0.25) is 14.4 Å². The van der Waals surface area contributed by atoms with Gasteiger partial charge in [0.25, 0.3) is 0 Å². The van der Waals surface area contributed by atoms with Crippen LogP contribution in [0, 0.1) is 17.2 Å². The second-order valence-electron chi connectivity index (χ2n) is 5.73. The summed E-state index contributed by atoms with van der Waals surface area (Å²) in [7, 11) is 0. The van der Waals surface area contributed by atoms with Crippen molar-refractivity contribution in [3.8, 4) is 11.8 Å². The number of nitriles is 1. The summed E-state index contributed by atoms with van der Waals surface area (Å²) in [5.41, 5.74) is -0.268. The number of ketones is 2. The molecule has 6 nitrogen and oxygen atoms in total. The number of rotatable bonds is 8. The first-order valence-electron chi connectivity index (χ1n) is 7.96. The predicted molar refractivity (Wildman–Crippen MR) is 90.8 cm³/mol. The highest BCUT2D eigenvalue weighted by molar-refractivity contribution is 6.13. The van der Waals surface area contributed by atoms with Crippen LogP contribution in [-0.4, -0.2) is 28.7 Å². The van der Waals surface area contributed by atoms with Gasteiger partial charge >= 0.3 is 5.97 Å². The lowest BCUT2D eigenvalue weighted by molar-refractivity contribution is -0.149. The number of phenols is 1. The smallest absolute Gasteiger partial charge is 0.313 e. The number of phenolic OH excluding ortho intramolecular Hbond substituents is 1. The van der Waals surface area contributed by atoms with Gasteiger partial charge in [0, 0.05) is 5.92 Å². The third kappa shape index (κ3) is 5.88. The van der Waals surface area contributed by atoms with E-state index in [2.05, 4.69) is 0 Å². The molecule has 0 radical (unpaired) electrons. The van der Waals surface area contributed by atoms with Crippen molar-refractivity contribution >= 4 is 17.5 Å². The van der Waals surface area contributed by atoms with Gasteiger partial charge < -0.3 is 9.84 Å². The second-order valence-corrected chi connectivity index (χ2v) is 5.73. The van der Waals surface area contributed by atoms with Crippen LogP contribution in [0.5, 0.6) is 5.75 Å². The summed E-state index contributed by atoms with van der Waals surface area (Å²) in [5.74, 6) is -2.74. The lowest BCUT2D eigenvalue weighted by Crippen LogP contribution is -2.20. The van der Waals surface area contributed by atoms with Crippen molar-refractivity contribution in [2.75, 3.05) is 0 Å². The lowest BCUT2D eigenvalue weighted by atomic mass is 9.93. The van der Waals surface area contributed by atoms with Gasteiger partial charge in [-0.05, 0) is 32.4 Å². The molecule has 1 aromatic carbocycles. The van der Waals surface area contributed by atoms with Crippen LogP contribution in [-0.2, 0) is 14.3 Å². The number of hydrogen-bond donors (Lipinski definition) is 1. The van der Waals surface area contributed by atoms with Gasteiger partial charge in [0.05, 0.1) is 17.2 Å². The molecule has 1 rings (SSSR count). The molecule has 0 heterocycles. The molecule has 0 aliphatic rings. The molecule has 6 heteroatoms. The topological polar surface area (TPSA) is 104 Å². The van der Waals surface area contributed by atoms with E-state index in [1.807, 2.05) is 0 Å². The Bertz CT molecular complexity index is 728. The molecule has 1 atom stereocenters. The standard InChI is InChI=1S/C19H21NO5/c1-4-13(17(22)10-18(23)25-12(2)3)9-14(11-20)19(24)15-7-5-6-8-16(15)21/h5-9,12-13,21H,4,10H2,1-3H3/b14-9+. The van der Waals surface area contributed by atoms with E-state index in [4.69, 9.17) is 4.74 Å². The van der Waals surface area contributed by atoms with Crippen molar-refractivity contribution in [1.29, 1.82) is 5.26 Å². The summed E-state index contributed by atoms with van der Waals surface area (Å²) in [4.78, 5) is 36.2. The maximum atomic E-state index is 12.4. The molecule has 1 N–H and O–H groups in total. The lowest BCUT2D eigenvalue weighted by Gasteiger charge is -2.11. The van der Waals surface area contributed by atoms with Crippen LogP contribution in [0.3, 0.4) is 0 Å². The predicted octanol–water partition coefficient (Wildman–Crippen LogP) is 2.96. The number of benzene rings is 1. The Balaban J connectivity index is 2.99. The highest BCUT2D eigenvalue weighted by Gasteiger charge is 2.23. The fourth-order valence-electron chi connectivity index (χ4n) is 2.19. The van der Waals surface area contributed by atoms with E-state index < -0.39 is 29.9 Å². The number of allylic oxidation sites excluding steroid dienone is 2. The van der Waals surface area contributed by atoms with Gasteiger partial charge in [-0.1, -0.05) is 25.1 Å². The number of carbonyl (C=O) groups excluding carboxylic acids is 3. The number of aromatic hydroxyl groups is 1. The molecule has 0 spiro atoms. The van der Waals surface area contributed by atoms with Crippen LogP contribution in [0.2, 0.25) is 0 Å². The number of hydrogen-bond acceptors (Lipinski definition) is 6. The molecule has 0 aromatic heterocycles. The van der Waals surface area contributed by atoms with Gasteiger partial charge in [-0.2, -0.15) is 5.26 Å². The molecular weight excluding hydrogens is 322 g/mol. The first-order chi connectivity index (χ1) is 11.8. The Hall–Kier alpha value is -2.94. The average Bonchev–Trinajstić information content (AvgIpc) is 2.54. The number of para-hydroxylation sites is 1. The van der Waals surface area contributed by atoms with Crippen molar-refractivity contribution < 1.29 is 24.2 Å². The summed E-state index contributed by atoms with van der Waals surface area (Å²) in [6.45, 7) is 5.07. The van der Waals surface area contributed by atoms with E-state index >= 15 is 0 Å².